The molecule has 14 heteroatoms. The molecule has 32 heavy (non-hydrogen) atoms. The van der Waals surface area contributed by atoms with Gasteiger partial charge < -0.3 is 37.1 Å². The van der Waals surface area contributed by atoms with Gasteiger partial charge in [0.2, 0.25) is 23.6 Å². The number of nitrogens with two attached hydrogens (primary N) is 2. The summed E-state index contributed by atoms with van der Waals surface area (Å²) in [7, 11) is 0. The Balaban J connectivity index is 2.00. The number of carbonyl (C=O) groups is 5. The van der Waals surface area contributed by atoms with Crippen molar-refractivity contribution < 1.29 is 29.1 Å². The maximum absolute atomic E-state index is 12.8. The third kappa shape index (κ3) is 6.68. The molecule has 0 radical (unpaired) electrons. The number of carbonyl (C=O) groups excluding carboxylic acids is 4. The zero-order chi connectivity index (χ0) is 23.8. The van der Waals surface area contributed by atoms with Gasteiger partial charge in [-0.25, -0.2) is 9.78 Å². The maximum atomic E-state index is 12.8. The molecule has 1 aromatic heterocycles. The number of aromatic amines is 1. The Bertz CT molecular complexity index is 849. The number of carboxylic acids is 1. The van der Waals surface area contributed by atoms with Crippen LogP contribution in [0.3, 0.4) is 0 Å². The van der Waals surface area contributed by atoms with Crippen LogP contribution < -0.4 is 22.1 Å². The Morgan fingerprint density at radius 1 is 1.28 bits per heavy atom. The highest BCUT2D eigenvalue weighted by atomic mass is 32.1. The zero-order valence-corrected chi connectivity index (χ0v) is 18.1. The van der Waals surface area contributed by atoms with Crippen LogP contribution in [-0.4, -0.2) is 86.0 Å². The second kappa shape index (κ2) is 11.5. The lowest BCUT2D eigenvalue weighted by Crippen LogP contribution is -2.57. The number of nitrogens with zero attached hydrogens (tertiary/aromatic N) is 2. The Hall–Kier alpha value is -3.13. The van der Waals surface area contributed by atoms with Crippen LogP contribution in [0.5, 0.6) is 0 Å². The fourth-order valence-electron chi connectivity index (χ4n) is 3.37. The topological polar surface area (TPSA) is 214 Å². The third-order valence-corrected chi connectivity index (χ3v) is 5.35. The van der Waals surface area contributed by atoms with Crippen molar-refractivity contribution in [3.63, 3.8) is 0 Å². The van der Waals surface area contributed by atoms with Gasteiger partial charge in [0.1, 0.15) is 18.1 Å². The first-order valence-electron chi connectivity index (χ1n) is 9.90. The van der Waals surface area contributed by atoms with Gasteiger partial charge in [0.15, 0.2) is 0 Å². The van der Waals surface area contributed by atoms with E-state index in [1.807, 2.05) is 0 Å². The summed E-state index contributed by atoms with van der Waals surface area (Å²) >= 11 is 4.08. The largest absolute Gasteiger partial charge is 0.480 e. The molecule has 0 bridgehead atoms. The number of aromatic nitrogens is 2. The monoisotopic (exact) mass is 469 g/mol. The minimum Gasteiger partial charge on any atom is -0.480 e. The van der Waals surface area contributed by atoms with Crippen molar-refractivity contribution in [3.05, 3.63) is 18.2 Å². The molecule has 4 atom stereocenters. The van der Waals surface area contributed by atoms with Crippen molar-refractivity contribution in [2.75, 3.05) is 12.3 Å². The lowest BCUT2D eigenvalue weighted by Gasteiger charge is -2.28. The summed E-state index contributed by atoms with van der Waals surface area (Å²) in [5.41, 5.74) is 11.3. The van der Waals surface area contributed by atoms with E-state index >= 15 is 0 Å². The molecule has 2 rings (SSSR count). The number of thiol groups is 1. The van der Waals surface area contributed by atoms with Crippen molar-refractivity contribution in [1.82, 2.24) is 25.5 Å². The van der Waals surface area contributed by atoms with E-state index in [0.29, 0.717) is 18.5 Å². The predicted molar refractivity (Wildman–Crippen MR) is 114 cm³/mol. The number of H-pyrrole nitrogens is 1. The first-order chi connectivity index (χ1) is 15.1. The van der Waals surface area contributed by atoms with Crippen molar-refractivity contribution in [3.8, 4) is 0 Å². The summed E-state index contributed by atoms with van der Waals surface area (Å²) in [6.07, 6.45) is 3.33. The molecule has 2 heterocycles. The molecule has 1 fully saturated rings. The number of hydrogen-bond acceptors (Lipinski definition) is 8. The Morgan fingerprint density at radius 3 is 2.56 bits per heavy atom. The van der Waals surface area contributed by atoms with Crippen molar-refractivity contribution in [1.29, 1.82) is 0 Å². The second-order valence-corrected chi connectivity index (χ2v) is 7.76. The average Bonchev–Trinajstić information content (AvgIpc) is 3.41. The minimum absolute atomic E-state index is 0.0308. The number of likely N-dealkylation sites (tertiary alicyclic amines) is 1. The fraction of sp³-hybridized carbons (Fsp3) is 0.556. The molecule has 13 nitrogen and oxygen atoms in total. The molecule has 0 spiro atoms. The van der Waals surface area contributed by atoms with E-state index < -0.39 is 53.8 Å². The predicted octanol–water partition coefficient (Wildman–Crippen LogP) is -2.87. The van der Waals surface area contributed by atoms with Gasteiger partial charge in [-0.15, -0.1) is 0 Å². The fourth-order valence-corrected chi connectivity index (χ4v) is 3.63. The lowest BCUT2D eigenvalue weighted by atomic mass is 10.1. The summed E-state index contributed by atoms with van der Waals surface area (Å²) < 4.78 is 0. The minimum atomic E-state index is -1.26. The summed E-state index contributed by atoms with van der Waals surface area (Å²) in [5, 5.41) is 14.3. The second-order valence-electron chi connectivity index (χ2n) is 7.39. The van der Waals surface area contributed by atoms with Crippen LogP contribution in [0, 0.1) is 0 Å². The number of carboxylic acid groups (broad SMARTS) is 1. The number of aliphatic carboxylic acids is 1. The van der Waals surface area contributed by atoms with Gasteiger partial charge in [-0.3, -0.25) is 19.2 Å². The summed E-state index contributed by atoms with van der Waals surface area (Å²) in [6, 6.07) is -4.43. The highest BCUT2D eigenvalue weighted by Gasteiger charge is 2.38. The maximum Gasteiger partial charge on any atom is 0.326 e. The molecular formula is C18H27N7O6S. The number of hydrogen-bond donors (Lipinski definition) is 7. The van der Waals surface area contributed by atoms with Crippen LogP contribution in [0.15, 0.2) is 12.5 Å². The summed E-state index contributed by atoms with van der Waals surface area (Å²) in [6.45, 7) is 0.270. The molecule has 0 saturated carbocycles. The molecule has 1 aliphatic heterocycles. The normalized spacial score (nSPS) is 18.4. The van der Waals surface area contributed by atoms with E-state index in [4.69, 9.17) is 11.5 Å². The van der Waals surface area contributed by atoms with Crippen molar-refractivity contribution in [2.45, 2.75) is 49.9 Å². The third-order valence-electron chi connectivity index (χ3n) is 4.99. The first kappa shape index (κ1) is 25.1. The number of rotatable bonds is 11. The van der Waals surface area contributed by atoms with E-state index in [-0.39, 0.29) is 25.1 Å². The molecular weight excluding hydrogens is 442 g/mol. The van der Waals surface area contributed by atoms with E-state index in [2.05, 4.69) is 33.2 Å². The molecule has 1 aliphatic rings. The SMILES string of the molecule is NC(=O)CC(N)C(=O)N1CCCC1C(=O)NC(CS)C(=O)NC(Cc1cnc[nH]1)C(=O)O. The van der Waals surface area contributed by atoms with Crippen LogP contribution in [0.2, 0.25) is 0 Å². The van der Waals surface area contributed by atoms with Crippen LogP contribution in [0.25, 0.3) is 0 Å². The van der Waals surface area contributed by atoms with E-state index in [1.165, 1.54) is 17.4 Å². The van der Waals surface area contributed by atoms with Gasteiger partial charge in [0.25, 0.3) is 0 Å². The van der Waals surface area contributed by atoms with Gasteiger partial charge >= 0.3 is 5.97 Å². The highest BCUT2D eigenvalue weighted by Crippen LogP contribution is 2.19. The Labute approximate surface area is 189 Å². The number of nitrogens with one attached hydrogen (secondary N) is 3. The molecule has 1 aromatic rings. The molecule has 0 aliphatic carbocycles. The Kier molecular flexibility index (Phi) is 9.02. The van der Waals surface area contributed by atoms with Gasteiger partial charge in [-0.1, -0.05) is 0 Å². The van der Waals surface area contributed by atoms with Gasteiger partial charge in [0, 0.05) is 30.6 Å². The number of amides is 4. The van der Waals surface area contributed by atoms with Crippen LogP contribution in [-0.2, 0) is 30.4 Å². The molecule has 4 amide bonds. The van der Waals surface area contributed by atoms with E-state index in [1.54, 1.807) is 0 Å². The Morgan fingerprint density at radius 2 is 2.00 bits per heavy atom. The summed E-state index contributed by atoms with van der Waals surface area (Å²) in [4.78, 5) is 68.2. The smallest absolute Gasteiger partial charge is 0.326 e. The zero-order valence-electron chi connectivity index (χ0n) is 17.2. The van der Waals surface area contributed by atoms with Crippen molar-refractivity contribution >= 4 is 42.2 Å². The highest BCUT2D eigenvalue weighted by molar-refractivity contribution is 7.80. The van der Waals surface area contributed by atoms with E-state index in [9.17, 15) is 29.1 Å². The molecule has 176 valence electrons. The standard InChI is InChI=1S/C18H27N7O6S/c19-10(5-14(20)26)17(29)25-3-1-2-13(25)16(28)24-12(7-32)15(27)23-11(18(30)31)4-9-6-21-8-22-9/h6,8,10-13,32H,1-5,7,19H2,(H2,20,26)(H,21,22)(H,23,27)(H,24,28)(H,30,31). The number of imidazole rings is 1. The summed E-state index contributed by atoms with van der Waals surface area (Å²) in [5.74, 6) is -4.01. The molecule has 8 N–H and O–H groups in total. The quantitative estimate of drug-likeness (QED) is 0.167. The van der Waals surface area contributed by atoms with Gasteiger partial charge in [0.05, 0.1) is 18.8 Å². The van der Waals surface area contributed by atoms with Crippen LogP contribution in [0.1, 0.15) is 25.0 Å². The molecule has 1 saturated heterocycles. The van der Waals surface area contributed by atoms with Crippen LogP contribution >= 0.6 is 12.6 Å². The van der Waals surface area contributed by atoms with Crippen molar-refractivity contribution in [2.24, 2.45) is 11.5 Å². The first-order valence-corrected chi connectivity index (χ1v) is 10.5. The number of primary amides is 1. The molecule has 4 unspecified atom stereocenters. The van der Waals surface area contributed by atoms with E-state index in [0.717, 1.165) is 0 Å². The van der Waals surface area contributed by atoms with Crippen LogP contribution in [0.4, 0.5) is 0 Å². The lowest BCUT2D eigenvalue weighted by molar-refractivity contribution is -0.143. The average molecular weight is 470 g/mol. The van der Waals surface area contributed by atoms with Gasteiger partial charge in [-0.05, 0) is 12.8 Å². The molecule has 0 aromatic carbocycles. The van der Waals surface area contributed by atoms with Gasteiger partial charge in [-0.2, -0.15) is 12.6 Å².